The zero-order chi connectivity index (χ0) is 13.9. The van der Waals surface area contributed by atoms with E-state index in [0.29, 0.717) is 12.5 Å². The average Bonchev–Trinajstić information content (AvgIpc) is 3.19. The number of thiophene rings is 1. The van der Waals surface area contributed by atoms with Gasteiger partial charge in [-0.3, -0.25) is 9.48 Å². The molecule has 0 spiro atoms. The minimum absolute atomic E-state index is 0.106. The van der Waals surface area contributed by atoms with Crippen LogP contribution in [0.4, 0.5) is 0 Å². The first-order valence-corrected chi connectivity index (χ1v) is 7.84. The molecular weight excluding hydrogens is 272 g/mol. The summed E-state index contributed by atoms with van der Waals surface area (Å²) in [7, 11) is 1.61. The molecule has 0 aromatic carbocycles. The standard InChI is InChI=1S/C15H18N2O2S/c1-19-13-9-15(20-10-13)14(18)8-11-6-7-17(16-11)12-4-2-3-5-12/h6-7,9-10,12H,2-5,8H2,1H3. The number of nitrogens with zero attached hydrogens (tertiary/aromatic N) is 2. The maximum atomic E-state index is 12.2. The summed E-state index contributed by atoms with van der Waals surface area (Å²) >= 11 is 1.42. The zero-order valence-corrected chi connectivity index (χ0v) is 12.4. The number of methoxy groups -OCH3 is 1. The first kappa shape index (κ1) is 13.4. The number of aromatic nitrogens is 2. The molecule has 20 heavy (non-hydrogen) atoms. The highest BCUT2D eigenvalue weighted by Gasteiger charge is 2.18. The van der Waals surface area contributed by atoms with Gasteiger partial charge in [0.15, 0.2) is 5.78 Å². The van der Waals surface area contributed by atoms with Crippen molar-refractivity contribution < 1.29 is 9.53 Å². The molecule has 1 aliphatic rings. The molecule has 1 saturated carbocycles. The highest BCUT2D eigenvalue weighted by molar-refractivity contribution is 7.12. The highest BCUT2D eigenvalue weighted by Crippen LogP contribution is 2.29. The molecule has 0 radical (unpaired) electrons. The van der Waals surface area contributed by atoms with Crippen LogP contribution in [0, 0.1) is 0 Å². The SMILES string of the molecule is COc1csc(C(=O)Cc2ccn(C3CCCC3)n2)c1. The van der Waals surface area contributed by atoms with Crippen LogP contribution in [0.3, 0.4) is 0 Å². The van der Waals surface area contributed by atoms with Crippen LogP contribution in [0.25, 0.3) is 0 Å². The summed E-state index contributed by atoms with van der Waals surface area (Å²) in [5, 5.41) is 6.41. The molecule has 4 nitrogen and oxygen atoms in total. The molecule has 2 aromatic heterocycles. The van der Waals surface area contributed by atoms with Crippen molar-refractivity contribution in [3.63, 3.8) is 0 Å². The van der Waals surface area contributed by atoms with Gasteiger partial charge in [0.05, 0.1) is 30.1 Å². The quantitative estimate of drug-likeness (QED) is 0.792. The second-order valence-corrected chi connectivity index (χ2v) is 6.09. The van der Waals surface area contributed by atoms with Crippen LogP contribution in [0.2, 0.25) is 0 Å². The van der Waals surface area contributed by atoms with Crippen molar-refractivity contribution in [1.82, 2.24) is 9.78 Å². The van der Waals surface area contributed by atoms with Crippen molar-refractivity contribution in [2.24, 2.45) is 0 Å². The smallest absolute Gasteiger partial charge is 0.178 e. The molecule has 0 amide bonds. The van der Waals surface area contributed by atoms with Crippen molar-refractivity contribution >= 4 is 17.1 Å². The second-order valence-electron chi connectivity index (χ2n) is 5.18. The van der Waals surface area contributed by atoms with Gasteiger partial charge in [0.25, 0.3) is 0 Å². The molecule has 1 fully saturated rings. The minimum Gasteiger partial charge on any atom is -0.496 e. The van der Waals surface area contributed by atoms with E-state index in [1.54, 1.807) is 13.2 Å². The molecule has 106 valence electrons. The van der Waals surface area contributed by atoms with Crippen LogP contribution in [-0.2, 0) is 6.42 Å². The third-order valence-corrected chi connectivity index (χ3v) is 4.74. The van der Waals surface area contributed by atoms with Crippen molar-refractivity contribution in [2.75, 3.05) is 7.11 Å². The van der Waals surface area contributed by atoms with Crippen LogP contribution in [0.5, 0.6) is 5.75 Å². The van der Waals surface area contributed by atoms with Gasteiger partial charge in [-0.1, -0.05) is 12.8 Å². The van der Waals surface area contributed by atoms with Gasteiger partial charge in [0, 0.05) is 17.6 Å². The van der Waals surface area contributed by atoms with Crippen LogP contribution in [-0.4, -0.2) is 22.7 Å². The second kappa shape index (κ2) is 5.79. The maximum Gasteiger partial charge on any atom is 0.178 e. The number of hydrogen-bond acceptors (Lipinski definition) is 4. The first-order chi connectivity index (χ1) is 9.76. The lowest BCUT2D eigenvalue weighted by Crippen LogP contribution is -2.07. The predicted octanol–water partition coefficient (Wildman–Crippen LogP) is 3.49. The minimum atomic E-state index is 0.106. The normalized spacial score (nSPS) is 15.7. The molecule has 0 atom stereocenters. The van der Waals surface area contributed by atoms with Gasteiger partial charge in [-0.2, -0.15) is 5.10 Å². The summed E-state index contributed by atoms with van der Waals surface area (Å²) < 4.78 is 7.14. The van der Waals surface area contributed by atoms with Crippen LogP contribution < -0.4 is 4.74 Å². The van der Waals surface area contributed by atoms with Crippen LogP contribution >= 0.6 is 11.3 Å². The summed E-state index contributed by atoms with van der Waals surface area (Å²) in [6.07, 6.45) is 7.35. The molecule has 0 N–H and O–H groups in total. The van der Waals surface area contributed by atoms with E-state index in [-0.39, 0.29) is 5.78 Å². The van der Waals surface area contributed by atoms with Gasteiger partial charge < -0.3 is 4.74 Å². The Morgan fingerprint density at radius 1 is 1.50 bits per heavy atom. The molecule has 5 heteroatoms. The van der Waals surface area contributed by atoms with Gasteiger partial charge in [-0.05, 0) is 18.9 Å². The number of ether oxygens (including phenoxy) is 1. The number of carbonyl (C=O) groups is 1. The van der Waals surface area contributed by atoms with Crippen molar-refractivity contribution in [2.45, 2.75) is 38.1 Å². The fraction of sp³-hybridized carbons (Fsp3) is 0.467. The Hall–Kier alpha value is -1.62. The predicted molar refractivity (Wildman–Crippen MR) is 78.6 cm³/mol. The Morgan fingerprint density at radius 3 is 3.00 bits per heavy atom. The molecule has 0 saturated heterocycles. The summed E-state index contributed by atoms with van der Waals surface area (Å²) in [6.45, 7) is 0. The van der Waals surface area contributed by atoms with E-state index >= 15 is 0 Å². The molecule has 2 aromatic rings. The van der Waals surface area contributed by atoms with Crippen LogP contribution in [0.1, 0.15) is 47.1 Å². The topological polar surface area (TPSA) is 44.1 Å². The summed E-state index contributed by atoms with van der Waals surface area (Å²) in [4.78, 5) is 12.9. The van der Waals surface area contributed by atoms with E-state index in [4.69, 9.17) is 4.74 Å². The van der Waals surface area contributed by atoms with Gasteiger partial charge >= 0.3 is 0 Å². The third-order valence-electron chi connectivity index (χ3n) is 3.79. The van der Waals surface area contributed by atoms with Gasteiger partial charge in [-0.25, -0.2) is 0 Å². The number of ketones is 1. The van der Waals surface area contributed by atoms with E-state index in [2.05, 4.69) is 5.10 Å². The molecule has 0 aliphatic heterocycles. The lowest BCUT2D eigenvalue weighted by atomic mass is 10.2. The molecule has 1 aliphatic carbocycles. The van der Waals surface area contributed by atoms with E-state index in [1.807, 2.05) is 22.3 Å². The Kier molecular flexibility index (Phi) is 3.87. The fourth-order valence-corrected chi connectivity index (χ4v) is 3.46. The van der Waals surface area contributed by atoms with E-state index < -0.39 is 0 Å². The number of carbonyl (C=O) groups excluding carboxylic acids is 1. The molecule has 2 heterocycles. The first-order valence-electron chi connectivity index (χ1n) is 6.96. The number of rotatable bonds is 5. The molecule has 0 bridgehead atoms. The number of Topliss-reactive ketones (excluding diaryl/α,β-unsaturated/α-hetero) is 1. The maximum absolute atomic E-state index is 12.2. The summed E-state index contributed by atoms with van der Waals surface area (Å²) in [5.74, 6) is 0.852. The van der Waals surface area contributed by atoms with Gasteiger partial charge in [0.2, 0.25) is 0 Å². The molecular formula is C15H18N2O2S. The van der Waals surface area contributed by atoms with Crippen molar-refractivity contribution in [3.05, 3.63) is 34.3 Å². The van der Waals surface area contributed by atoms with Crippen LogP contribution in [0.15, 0.2) is 23.7 Å². The Morgan fingerprint density at radius 2 is 2.30 bits per heavy atom. The molecule has 3 rings (SSSR count). The molecule has 0 unspecified atom stereocenters. The fourth-order valence-electron chi connectivity index (χ4n) is 2.67. The Balaban J connectivity index is 1.66. The highest BCUT2D eigenvalue weighted by atomic mass is 32.1. The lowest BCUT2D eigenvalue weighted by molar-refractivity contribution is 0.0995. The van der Waals surface area contributed by atoms with E-state index in [1.165, 1.54) is 37.0 Å². The summed E-state index contributed by atoms with van der Waals surface area (Å²) in [5.41, 5.74) is 0.856. The Labute approximate surface area is 122 Å². The summed E-state index contributed by atoms with van der Waals surface area (Å²) in [6, 6.07) is 4.28. The number of hydrogen-bond donors (Lipinski definition) is 0. The Bertz CT molecular complexity index is 597. The third kappa shape index (κ3) is 2.77. The van der Waals surface area contributed by atoms with Crippen molar-refractivity contribution in [3.8, 4) is 5.75 Å². The average molecular weight is 290 g/mol. The van der Waals surface area contributed by atoms with E-state index in [9.17, 15) is 4.79 Å². The van der Waals surface area contributed by atoms with E-state index in [0.717, 1.165) is 16.3 Å². The van der Waals surface area contributed by atoms with Gasteiger partial charge in [0.1, 0.15) is 5.75 Å². The van der Waals surface area contributed by atoms with Gasteiger partial charge in [-0.15, -0.1) is 11.3 Å². The lowest BCUT2D eigenvalue weighted by Gasteiger charge is -2.08. The van der Waals surface area contributed by atoms with Crippen molar-refractivity contribution in [1.29, 1.82) is 0 Å². The largest absolute Gasteiger partial charge is 0.496 e. The monoisotopic (exact) mass is 290 g/mol. The zero-order valence-electron chi connectivity index (χ0n) is 11.5.